The molecule has 6 heteroatoms. The minimum absolute atomic E-state index is 0.0672. The van der Waals surface area contributed by atoms with Crippen LogP contribution in [-0.2, 0) is 16.1 Å². The summed E-state index contributed by atoms with van der Waals surface area (Å²) in [6, 6.07) is 3.94. The number of carbonyl (C=O) groups is 1. The number of aliphatic hydroxyl groups is 1. The van der Waals surface area contributed by atoms with Crippen LogP contribution in [0.3, 0.4) is 0 Å². The molecule has 0 bridgehead atoms. The Morgan fingerprint density at radius 3 is 3.00 bits per heavy atom. The molecule has 2 rings (SSSR count). The number of rotatable bonds is 4. The SMILES string of the molecule is Cc1cccnc1CN1CCOC[C@](O)(CC(=O)N(C)C)C1. The Bertz CT molecular complexity index is 521. The normalized spacial score (nSPS) is 23.1. The number of carbonyl (C=O) groups excluding carboxylic acids is 1. The van der Waals surface area contributed by atoms with Crippen molar-refractivity contribution in [3.05, 3.63) is 29.6 Å². The summed E-state index contributed by atoms with van der Waals surface area (Å²) in [6.07, 6.45) is 1.84. The molecular weight excluding hydrogens is 282 g/mol. The Balaban J connectivity index is 2.06. The van der Waals surface area contributed by atoms with E-state index in [9.17, 15) is 9.90 Å². The maximum Gasteiger partial charge on any atom is 0.225 e. The molecule has 0 aromatic carbocycles. The van der Waals surface area contributed by atoms with Crippen LogP contribution in [0.4, 0.5) is 0 Å². The lowest BCUT2D eigenvalue weighted by atomic mass is 9.99. The Morgan fingerprint density at radius 1 is 1.55 bits per heavy atom. The van der Waals surface area contributed by atoms with Crippen LogP contribution in [0.15, 0.2) is 18.3 Å². The fourth-order valence-electron chi connectivity index (χ4n) is 2.57. The Labute approximate surface area is 131 Å². The molecule has 1 fully saturated rings. The molecule has 0 radical (unpaired) electrons. The van der Waals surface area contributed by atoms with Gasteiger partial charge >= 0.3 is 0 Å². The molecule has 1 aliphatic rings. The molecule has 1 aromatic heterocycles. The van der Waals surface area contributed by atoms with Gasteiger partial charge in [-0.05, 0) is 18.6 Å². The van der Waals surface area contributed by atoms with Crippen molar-refractivity contribution in [2.45, 2.75) is 25.5 Å². The van der Waals surface area contributed by atoms with Crippen LogP contribution in [0, 0.1) is 6.92 Å². The monoisotopic (exact) mass is 307 g/mol. The van der Waals surface area contributed by atoms with E-state index in [4.69, 9.17) is 4.74 Å². The van der Waals surface area contributed by atoms with E-state index in [2.05, 4.69) is 9.88 Å². The molecule has 0 aliphatic carbocycles. The molecule has 1 saturated heterocycles. The smallest absolute Gasteiger partial charge is 0.225 e. The largest absolute Gasteiger partial charge is 0.386 e. The average Bonchev–Trinajstić information content (AvgIpc) is 2.63. The zero-order chi connectivity index (χ0) is 16.2. The highest BCUT2D eigenvalue weighted by molar-refractivity contribution is 5.76. The first kappa shape index (κ1) is 16.9. The Hall–Kier alpha value is -1.50. The first-order valence-electron chi connectivity index (χ1n) is 7.53. The van der Waals surface area contributed by atoms with Gasteiger partial charge in [0.1, 0.15) is 5.60 Å². The van der Waals surface area contributed by atoms with Crippen molar-refractivity contribution in [1.29, 1.82) is 0 Å². The van der Waals surface area contributed by atoms with Crippen molar-refractivity contribution in [3.8, 4) is 0 Å². The Kier molecular flexibility index (Phi) is 5.50. The summed E-state index contributed by atoms with van der Waals surface area (Å²) in [5.74, 6) is -0.0954. The number of pyridine rings is 1. The van der Waals surface area contributed by atoms with Crippen molar-refractivity contribution >= 4 is 5.91 Å². The van der Waals surface area contributed by atoms with Crippen LogP contribution < -0.4 is 0 Å². The van der Waals surface area contributed by atoms with Gasteiger partial charge in [0.05, 0.1) is 25.3 Å². The second-order valence-electron chi connectivity index (χ2n) is 6.22. The number of amides is 1. The lowest BCUT2D eigenvalue weighted by Crippen LogP contribution is -2.47. The van der Waals surface area contributed by atoms with E-state index in [1.54, 1.807) is 20.3 Å². The van der Waals surface area contributed by atoms with E-state index in [-0.39, 0.29) is 18.9 Å². The van der Waals surface area contributed by atoms with Crippen molar-refractivity contribution in [3.63, 3.8) is 0 Å². The highest BCUT2D eigenvalue weighted by Gasteiger charge is 2.35. The maximum atomic E-state index is 11.9. The highest BCUT2D eigenvalue weighted by Crippen LogP contribution is 2.19. The van der Waals surface area contributed by atoms with Crippen LogP contribution in [0.2, 0.25) is 0 Å². The number of aryl methyl sites for hydroxylation is 1. The molecule has 1 N–H and O–H groups in total. The summed E-state index contributed by atoms with van der Waals surface area (Å²) in [5, 5.41) is 10.8. The van der Waals surface area contributed by atoms with E-state index in [0.29, 0.717) is 26.2 Å². The van der Waals surface area contributed by atoms with Crippen molar-refractivity contribution in [2.75, 3.05) is 40.4 Å². The second kappa shape index (κ2) is 7.17. The summed E-state index contributed by atoms with van der Waals surface area (Å²) in [5.41, 5.74) is 0.965. The van der Waals surface area contributed by atoms with Crippen molar-refractivity contribution in [2.24, 2.45) is 0 Å². The van der Waals surface area contributed by atoms with Gasteiger partial charge in [-0.3, -0.25) is 14.7 Å². The summed E-state index contributed by atoms with van der Waals surface area (Å²) in [7, 11) is 3.39. The van der Waals surface area contributed by atoms with Gasteiger partial charge in [0, 0.05) is 39.9 Å². The number of β-amino-alcohol motifs (C(OH)–C–C–N with tert-alkyl or cyclic N) is 1. The predicted octanol–water partition coefficient (Wildman–Crippen LogP) is 0.432. The quantitative estimate of drug-likeness (QED) is 0.874. The molecule has 6 nitrogen and oxygen atoms in total. The zero-order valence-corrected chi connectivity index (χ0v) is 13.6. The number of hydrogen-bond donors (Lipinski definition) is 1. The molecule has 0 saturated carbocycles. The van der Waals surface area contributed by atoms with Gasteiger partial charge in [-0.2, -0.15) is 0 Å². The second-order valence-corrected chi connectivity index (χ2v) is 6.22. The van der Waals surface area contributed by atoms with Gasteiger partial charge in [-0.25, -0.2) is 0 Å². The molecule has 122 valence electrons. The van der Waals surface area contributed by atoms with Gasteiger partial charge in [0.2, 0.25) is 5.91 Å². The summed E-state index contributed by atoms with van der Waals surface area (Å²) < 4.78 is 5.51. The van der Waals surface area contributed by atoms with E-state index in [1.165, 1.54) is 4.90 Å². The molecular formula is C16H25N3O3. The van der Waals surface area contributed by atoms with Crippen LogP contribution in [0.5, 0.6) is 0 Å². The average molecular weight is 307 g/mol. The number of hydrogen-bond acceptors (Lipinski definition) is 5. The molecule has 1 atom stereocenters. The molecule has 22 heavy (non-hydrogen) atoms. The van der Waals surface area contributed by atoms with Gasteiger partial charge < -0.3 is 14.7 Å². The minimum atomic E-state index is -1.15. The summed E-state index contributed by atoms with van der Waals surface area (Å²) in [6.45, 7) is 4.53. The minimum Gasteiger partial charge on any atom is -0.386 e. The van der Waals surface area contributed by atoms with Crippen LogP contribution >= 0.6 is 0 Å². The van der Waals surface area contributed by atoms with Crippen LogP contribution in [0.1, 0.15) is 17.7 Å². The highest BCUT2D eigenvalue weighted by atomic mass is 16.5. The maximum absolute atomic E-state index is 11.9. The van der Waals surface area contributed by atoms with E-state index in [0.717, 1.165) is 11.3 Å². The third-order valence-corrected chi connectivity index (χ3v) is 3.91. The lowest BCUT2D eigenvalue weighted by molar-refractivity contribution is -0.136. The molecule has 1 amide bonds. The topological polar surface area (TPSA) is 65.9 Å². The van der Waals surface area contributed by atoms with Gasteiger partial charge in [-0.15, -0.1) is 0 Å². The predicted molar refractivity (Wildman–Crippen MR) is 83.3 cm³/mol. The number of aromatic nitrogens is 1. The van der Waals surface area contributed by atoms with Gasteiger partial charge in [0.25, 0.3) is 0 Å². The van der Waals surface area contributed by atoms with Gasteiger partial charge in [0.15, 0.2) is 0 Å². The first-order valence-corrected chi connectivity index (χ1v) is 7.53. The third kappa shape index (κ3) is 4.50. The summed E-state index contributed by atoms with van der Waals surface area (Å²) in [4.78, 5) is 19.9. The molecule has 0 spiro atoms. The molecule has 2 heterocycles. The number of nitrogens with zero attached hydrogens (tertiary/aromatic N) is 3. The molecule has 1 aliphatic heterocycles. The lowest BCUT2D eigenvalue weighted by Gasteiger charge is -2.31. The number of ether oxygens (including phenoxy) is 1. The van der Waals surface area contributed by atoms with Crippen LogP contribution in [0.25, 0.3) is 0 Å². The van der Waals surface area contributed by atoms with E-state index < -0.39 is 5.60 Å². The van der Waals surface area contributed by atoms with E-state index in [1.807, 2.05) is 19.1 Å². The van der Waals surface area contributed by atoms with E-state index >= 15 is 0 Å². The van der Waals surface area contributed by atoms with Gasteiger partial charge in [-0.1, -0.05) is 6.07 Å². The molecule has 0 unspecified atom stereocenters. The van der Waals surface area contributed by atoms with Crippen molar-refractivity contribution < 1.29 is 14.6 Å². The van der Waals surface area contributed by atoms with Crippen LogP contribution in [-0.4, -0.2) is 71.8 Å². The third-order valence-electron chi connectivity index (χ3n) is 3.91. The summed E-state index contributed by atoms with van der Waals surface area (Å²) >= 11 is 0. The Morgan fingerprint density at radius 2 is 2.32 bits per heavy atom. The standard InChI is InChI=1S/C16H25N3O3/c1-13-5-4-6-17-14(13)10-19-7-8-22-12-16(21,11-19)9-15(20)18(2)3/h4-6,21H,7-12H2,1-3H3/t16-/m0/s1. The fourth-order valence-corrected chi connectivity index (χ4v) is 2.57. The first-order chi connectivity index (χ1) is 10.4. The van der Waals surface area contributed by atoms with Crippen molar-refractivity contribution in [1.82, 2.24) is 14.8 Å². The zero-order valence-electron chi connectivity index (χ0n) is 13.6. The fraction of sp³-hybridized carbons (Fsp3) is 0.625. The molecule has 1 aromatic rings.